The molecular formula is C48H36N4. The van der Waals surface area contributed by atoms with E-state index < -0.39 is 0 Å². The summed E-state index contributed by atoms with van der Waals surface area (Å²) in [5, 5.41) is 2.45. The molecule has 0 radical (unpaired) electrons. The summed E-state index contributed by atoms with van der Waals surface area (Å²) in [7, 11) is 0. The van der Waals surface area contributed by atoms with Crippen molar-refractivity contribution in [2.24, 2.45) is 0 Å². The quantitative estimate of drug-likeness (QED) is 0.183. The monoisotopic (exact) mass is 668 g/mol. The number of fused-ring (bicyclic) bond motifs is 8. The van der Waals surface area contributed by atoms with Gasteiger partial charge < -0.3 is 4.57 Å². The van der Waals surface area contributed by atoms with E-state index in [1.165, 1.54) is 33.0 Å². The Balaban J connectivity index is 1.39. The molecule has 1 aliphatic carbocycles. The maximum absolute atomic E-state index is 5.63. The third-order valence-corrected chi connectivity index (χ3v) is 10.9. The first-order chi connectivity index (χ1) is 25.6. The standard InChI is InChI=1S/C48H36N4/c1-4-18-39-41(31-19-8-5-9-20-31)45-46(51(39)33-23-12-7-13-24-33)44(32-21-10-6-11-22-32)49-47(50-45)52-38-28-17-15-26-35(38)43-40(52)30-29-37-42(43)34-25-14-16-27-36(34)48(37,2)3/h4-30H,1-3H3/b18-4-. The zero-order chi connectivity index (χ0) is 35.0. The summed E-state index contributed by atoms with van der Waals surface area (Å²) in [6.07, 6.45) is 4.32. The van der Waals surface area contributed by atoms with Crippen molar-refractivity contribution in [1.29, 1.82) is 0 Å². The molecule has 4 nitrogen and oxygen atoms in total. The molecule has 0 saturated carbocycles. The molecule has 1 aliphatic rings. The fourth-order valence-corrected chi connectivity index (χ4v) is 8.60. The number of hydrogen-bond acceptors (Lipinski definition) is 2. The minimum atomic E-state index is -0.104. The Morgan fingerprint density at radius 1 is 0.558 bits per heavy atom. The highest BCUT2D eigenvalue weighted by molar-refractivity contribution is 6.18. The Labute approximate surface area is 303 Å². The number of rotatable bonds is 5. The first-order valence-electron chi connectivity index (χ1n) is 18.0. The van der Waals surface area contributed by atoms with Crippen molar-refractivity contribution < 1.29 is 0 Å². The highest BCUT2D eigenvalue weighted by Crippen LogP contribution is 2.53. The molecule has 0 fully saturated rings. The van der Waals surface area contributed by atoms with Crippen LogP contribution in [0.4, 0.5) is 0 Å². The van der Waals surface area contributed by atoms with E-state index in [1.807, 2.05) is 0 Å². The van der Waals surface area contributed by atoms with E-state index >= 15 is 0 Å². The second-order valence-corrected chi connectivity index (χ2v) is 14.1. The molecule has 0 aliphatic heterocycles. The third kappa shape index (κ3) is 4.27. The van der Waals surface area contributed by atoms with Gasteiger partial charge in [0.2, 0.25) is 5.95 Å². The van der Waals surface area contributed by atoms with Gasteiger partial charge in [0.1, 0.15) is 11.2 Å². The number of para-hydroxylation sites is 2. The van der Waals surface area contributed by atoms with Crippen molar-refractivity contribution in [2.75, 3.05) is 0 Å². The summed E-state index contributed by atoms with van der Waals surface area (Å²) < 4.78 is 4.62. The van der Waals surface area contributed by atoms with Crippen molar-refractivity contribution in [3.05, 3.63) is 175 Å². The fraction of sp³-hybridized carbons (Fsp3) is 0.0833. The van der Waals surface area contributed by atoms with E-state index in [2.05, 4.69) is 194 Å². The highest BCUT2D eigenvalue weighted by Gasteiger charge is 2.37. The van der Waals surface area contributed by atoms with E-state index in [0.717, 1.165) is 55.8 Å². The second kappa shape index (κ2) is 11.5. The zero-order valence-electron chi connectivity index (χ0n) is 29.4. The summed E-state index contributed by atoms with van der Waals surface area (Å²) in [6, 6.07) is 54.0. The van der Waals surface area contributed by atoms with Crippen LogP contribution in [0.2, 0.25) is 0 Å². The summed E-state index contributed by atoms with van der Waals surface area (Å²) in [5.41, 5.74) is 15.5. The van der Waals surface area contributed by atoms with Crippen molar-refractivity contribution in [1.82, 2.24) is 19.1 Å². The van der Waals surface area contributed by atoms with Gasteiger partial charge in [-0.15, -0.1) is 0 Å². The predicted octanol–water partition coefficient (Wildman–Crippen LogP) is 12.2. The maximum Gasteiger partial charge on any atom is 0.235 e. The molecule has 0 bridgehead atoms. The lowest BCUT2D eigenvalue weighted by Gasteiger charge is -2.21. The zero-order valence-corrected chi connectivity index (χ0v) is 29.4. The molecule has 0 atom stereocenters. The Morgan fingerprint density at radius 3 is 1.96 bits per heavy atom. The normalized spacial score (nSPS) is 13.4. The van der Waals surface area contributed by atoms with E-state index in [9.17, 15) is 0 Å². The summed E-state index contributed by atoms with van der Waals surface area (Å²) in [4.78, 5) is 11.2. The Hall–Kier alpha value is -6.52. The van der Waals surface area contributed by atoms with Gasteiger partial charge in [-0.2, -0.15) is 0 Å². The number of nitrogens with zero attached hydrogens (tertiary/aromatic N) is 4. The minimum Gasteiger partial charge on any atom is -0.306 e. The van der Waals surface area contributed by atoms with Gasteiger partial charge in [0.25, 0.3) is 0 Å². The first-order valence-corrected chi connectivity index (χ1v) is 18.0. The molecule has 3 heterocycles. The molecule has 0 amide bonds. The molecule has 6 aromatic carbocycles. The van der Waals surface area contributed by atoms with Crippen molar-refractivity contribution in [3.8, 4) is 45.1 Å². The van der Waals surface area contributed by atoms with E-state index in [0.29, 0.717) is 5.95 Å². The topological polar surface area (TPSA) is 35.6 Å². The van der Waals surface area contributed by atoms with Crippen LogP contribution in [0, 0.1) is 0 Å². The molecule has 0 spiro atoms. The van der Waals surface area contributed by atoms with Gasteiger partial charge in [-0.05, 0) is 65.1 Å². The highest BCUT2D eigenvalue weighted by atomic mass is 15.2. The molecule has 0 unspecified atom stereocenters. The van der Waals surface area contributed by atoms with Gasteiger partial charge in [-0.1, -0.05) is 147 Å². The van der Waals surface area contributed by atoms with Crippen LogP contribution in [0.1, 0.15) is 37.6 Å². The Kier molecular flexibility index (Phi) is 6.71. The number of benzene rings is 6. The molecule has 0 N–H and O–H groups in total. The summed E-state index contributed by atoms with van der Waals surface area (Å²) in [6.45, 7) is 6.76. The molecule has 248 valence electrons. The molecule has 4 heteroatoms. The van der Waals surface area contributed by atoms with E-state index in [4.69, 9.17) is 9.97 Å². The average molecular weight is 669 g/mol. The second-order valence-electron chi connectivity index (χ2n) is 14.1. The van der Waals surface area contributed by atoms with Crippen molar-refractivity contribution in [2.45, 2.75) is 26.2 Å². The SMILES string of the molecule is C/C=C\c1c(-c2ccccc2)c2nc(-n3c4ccccc4c4c5c(ccc43)C(C)(C)c3ccccc3-5)nc(-c3ccccc3)c2n1-c1ccccc1. The summed E-state index contributed by atoms with van der Waals surface area (Å²) in [5.74, 6) is 0.650. The lowest BCUT2D eigenvalue weighted by molar-refractivity contribution is 0.661. The fourth-order valence-electron chi connectivity index (χ4n) is 8.60. The Morgan fingerprint density at radius 2 is 1.21 bits per heavy atom. The van der Waals surface area contributed by atoms with Crippen molar-refractivity contribution in [3.63, 3.8) is 0 Å². The smallest absolute Gasteiger partial charge is 0.235 e. The molecule has 9 aromatic rings. The number of hydrogen-bond donors (Lipinski definition) is 0. The third-order valence-electron chi connectivity index (χ3n) is 10.9. The number of allylic oxidation sites excluding steroid dienone is 1. The van der Waals surface area contributed by atoms with Crippen LogP contribution in [0.5, 0.6) is 0 Å². The average Bonchev–Trinajstić information content (AvgIpc) is 3.78. The van der Waals surface area contributed by atoms with Crippen LogP contribution >= 0.6 is 0 Å². The largest absolute Gasteiger partial charge is 0.306 e. The molecule has 0 saturated heterocycles. The summed E-state index contributed by atoms with van der Waals surface area (Å²) >= 11 is 0. The maximum atomic E-state index is 5.63. The van der Waals surface area contributed by atoms with Gasteiger partial charge in [-0.3, -0.25) is 4.57 Å². The number of aromatic nitrogens is 4. The van der Waals surface area contributed by atoms with Gasteiger partial charge >= 0.3 is 0 Å². The van der Waals surface area contributed by atoms with Gasteiger partial charge in [0.15, 0.2) is 0 Å². The first kappa shape index (κ1) is 30.3. The van der Waals surface area contributed by atoms with Crippen LogP contribution in [-0.4, -0.2) is 19.1 Å². The Bertz CT molecular complexity index is 2860. The van der Waals surface area contributed by atoms with Crippen LogP contribution in [0.25, 0.3) is 84.1 Å². The molecule has 52 heavy (non-hydrogen) atoms. The van der Waals surface area contributed by atoms with Crippen molar-refractivity contribution >= 4 is 38.9 Å². The molecular weight excluding hydrogens is 633 g/mol. The van der Waals surface area contributed by atoms with Gasteiger partial charge in [0, 0.05) is 33.0 Å². The van der Waals surface area contributed by atoms with Gasteiger partial charge in [0.05, 0.1) is 22.2 Å². The lowest BCUT2D eigenvalue weighted by atomic mass is 9.82. The van der Waals surface area contributed by atoms with Crippen LogP contribution in [0.3, 0.4) is 0 Å². The minimum absolute atomic E-state index is 0.104. The van der Waals surface area contributed by atoms with Gasteiger partial charge in [-0.25, -0.2) is 9.97 Å². The van der Waals surface area contributed by atoms with Crippen LogP contribution in [0.15, 0.2) is 158 Å². The molecule has 3 aromatic heterocycles. The van der Waals surface area contributed by atoms with E-state index in [1.54, 1.807) is 0 Å². The lowest BCUT2D eigenvalue weighted by Crippen LogP contribution is -2.14. The predicted molar refractivity (Wildman–Crippen MR) is 216 cm³/mol. The van der Waals surface area contributed by atoms with E-state index in [-0.39, 0.29) is 5.41 Å². The molecule has 10 rings (SSSR count). The van der Waals surface area contributed by atoms with Crippen LogP contribution < -0.4 is 0 Å². The van der Waals surface area contributed by atoms with Crippen LogP contribution in [-0.2, 0) is 5.41 Å².